The zero-order valence-electron chi connectivity index (χ0n) is 11.8. The van der Waals surface area contributed by atoms with E-state index in [0.717, 1.165) is 5.56 Å². The topological polar surface area (TPSA) is 55.5 Å². The maximum atomic E-state index is 12.3. The predicted octanol–water partition coefficient (Wildman–Crippen LogP) is 2.97. The zero-order valence-corrected chi connectivity index (χ0v) is 13.4. The molecule has 114 valence electrons. The number of hydrogen-bond acceptors (Lipinski definition) is 4. The Morgan fingerprint density at radius 2 is 2.23 bits per heavy atom. The smallest absolute Gasteiger partial charge is 0.408 e. The molecule has 0 unspecified atom stereocenters. The third-order valence-corrected chi connectivity index (χ3v) is 4.32. The molecule has 0 spiro atoms. The number of thiophene rings is 1. The first-order chi connectivity index (χ1) is 10.5. The van der Waals surface area contributed by atoms with Gasteiger partial charge in [0.1, 0.15) is 6.54 Å². The van der Waals surface area contributed by atoms with Gasteiger partial charge in [-0.25, -0.2) is 4.79 Å². The monoisotopic (exact) mass is 336 g/mol. The van der Waals surface area contributed by atoms with Gasteiger partial charge in [0.05, 0.1) is 5.52 Å². The van der Waals surface area contributed by atoms with E-state index in [1.807, 2.05) is 16.8 Å². The summed E-state index contributed by atoms with van der Waals surface area (Å²) in [5.41, 5.74) is 2.01. The largest absolute Gasteiger partial charge is 0.420 e. The van der Waals surface area contributed by atoms with E-state index in [4.69, 9.17) is 16.0 Å². The van der Waals surface area contributed by atoms with Crippen LogP contribution < -0.4 is 5.76 Å². The molecule has 1 amide bonds. The summed E-state index contributed by atoms with van der Waals surface area (Å²) in [6.07, 6.45) is 0. The number of carbonyl (C=O) groups is 1. The van der Waals surface area contributed by atoms with Crippen LogP contribution in [-0.2, 0) is 17.9 Å². The van der Waals surface area contributed by atoms with Crippen LogP contribution in [-0.4, -0.2) is 22.4 Å². The van der Waals surface area contributed by atoms with Crippen molar-refractivity contribution in [2.75, 3.05) is 7.05 Å². The van der Waals surface area contributed by atoms with Gasteiger partial charge < -0.3 is 9.32 Å². The Labute approximate surface area is 135 Å². The van der Waals surface area contributed by atoms with Crippen molar-refractivity contribution in [3.63, 3.8) is 0 Å². The second-order valence-corrected chi connectivity index (χ2v) is 6.16. The van der Waals surface area contributed by atoms with E-state index in [2.05, 4.69) is 0 Å². The predicted molar refractivity (Wildman–Crippen MR) is 86.3 cm³/mol. The van der Waals surface area contributed by atoms with Gasteiger partial charge in [-0.15, -0.1) is 0 Å². The quantitative estimate of drug-likeness (QED) is 0.736. The van der Waals surface area contributed by atoms with Crippen LogP contribution >= 0.6 is 22.9 Å². The lowest BCUT2D eigenvalue weighted by molar-refractivity contribution is -0.131. The van der Waals surface area contributed by atoms with Crippen LogP contribution in [0.3, 0.4) is 0 Å². The minimum absolute atomic E-state index is 0.0614. The molecule has 3 rings (SSSR count). The number of benzene rings is 1. The molecule has 0 saturated carbocycles. The molecule has 3 aromatic rings. The molecular formula is C15H13ClN2O3S. The zero-order chi connectivity index (χ0) is 15.7. The van der Waals surface area contributed by atoms with E-state index in [9.17, 15) is 9.59 Å². The molecule has 0 N–H and O–H groups in total. The summed E-state index contributed by atoms with van der Waals surface area (Å²) >= 11 is 7.45. The average Bonchev–Trinajstić information content (AvgIpc) is 3.07. The third-order valence-electron chi connectivity index (χ3n) is 3.35. The molecule has 2 aromatic heterocycles. The van der Waals surface area contributed by atoms with Crippen molar-refractivity contribution in [1.29, 1.82) is 0 Å². The molecule has 0 bridgehead atoms. The van der Waals surface area contributed by atoms with E-state index in [1.54, 1.807) is 41.5 Å². The Hall–Kier alpha value is -2.05. The Kier molecular flexibility index (Phi) is 4.04. The first-order valence-electron chi connectivity index (χ1n) is 6.58. The highest BCUT2D eigenvalue weighted by molar-refractivity contribution is 7.07. The highest BCUT2D eigenvalue weighted by Gasteiger charge is 2.16. The second kappa shape index (κ2) is 5.98. The number of halogens is 1. The summed E-state index contributed by atoms with van der Waals surface area (Å²) in [5.74, 6) is -0.722. The van der Waals surface area contributed by atoms with Gasteiger partial charge in [0.25, 0.3) is 0 Å². The summed E-state index contributed by atoms with van der Waals surface area (Å²) < 4.78 is 6.44. The van der Waals surface area contributed by atoms with E-state index in [1.165, 1.54) is 4.57 Å². The maximum Gasteiger partial charge on any atom is 0.420 e. The minimum Gasteiger partial charge on any atom is -0.408 e. The number of carbonyl (C=O) groups excluding carboxylic acids is 1. The lowest BCUT2D eigenvalue weighted by Crippen LogP contribution is -2.32. The molecule has 22 heavy (non-hydrogen) atoms. The SMILES string of the molecule is CN(Cc1ccsc1)C(=O)Cn1c(=O)oc2cc(Cl)ccc21. The Morgan fingerprint density at radius 3 is 2.95 bits per heavy atom. The summed E-state index contributed by atoms with van der Waals surface area (Å²) in [4.78, 5) is 25.8. The average molecular weight is 337 g/mol. The summed E-state index contributed by atoms with van der Waals surface area (Å²) in [5, 5.41) is 4.44. The second-order valence-electron chi connectivity index (χ2n) is 4.95. The normalized spacial score (nSPS) is 11.0. The van der Waals surface area contributed by atoms with Gasteiger partial charge in [0, 0.05) is 24.7 Å². The van der Waals surface area contributed by atoms with Crippen molar-refractivity contribution >= 4 is 39.9 Å². The van der Waals surface area contributed by atoms with Crippen molar-refractivity contribution < 1.29 is 9.21 Å². The first kappa shape index (κ1) is 14.9. The molecule has 0 aliphatic heterocycles. The number of oxazole rings is 1. The fraction of sp³-hybridized carbons (Fsp3) is 0.200. The summed E-state index contributed by atoms with van der Waals surface area (Å²) in [6, 6.07) is 6.87. The highest BCUT2D eigenvalue weighted by Crippen LogP contribution is 2.18. The number of aromatic nitrogens is 1. The molecule has 5 nitrogen and oxygen atoms in total. The molecule has 0 aliphatic rings. The van der Waals surface area contributed by atoms with Gasteiger partial charge in [0.2, 0.25) is 5.91 Å². The molecule has 1 aromatic carbocycles. The number of fused-ring (bicyclic) bond motifs is 1. The molecule has 0 radical (unpaired) electrons. The Balaban J connectivity index is 1.82. The van der Waals surface area contributed by atoms with Gasteiger partial charge in [0.15, 0.2) is 5.58 Å². The van der Waals surface area contributed by atoms with Crippen molar-refractivity contribution in [2.24, 2.45) is 0 Å². The highest BCUT2D eigenvalue weighted by atomic mass is 35.5. The van der Waals surface area contributed by atoms with Crippen LogP contribution in [0.5, 0.6) is 0 Å². The van der Waals surface area contributed by atoms with Gasteiger partial charge in [-0.2, -0.15) is 11.3 Å². The van der Waals surface area contributed by atoms with Crippen LogP contribution in [0.2, 0.25) is 5.02 Å². The van der Waals surface area contributed by atoms with Gasteiger partial charge in [-0.1, -0.05) is 11.6 Å². The standard InChI is InChI=1S/C15H13ClN2O3S/c1-17(7-10-4-5-22-9-10)14(19)8-18-12-3-2-11(16)6-13(12)21-15(18)20/h2-6,9H,7-8H2,1H3. The van der Waals surface area contributed by atoms with Crippen LogP contribution in [0.4, 0.5) is 0 Å². The molecule has 0 aliphatic carbocycles. The fourth-order valence-corrected chi connectivity index (χ4v) is 3.01. The van der Waals surface area contributed by atoms with Gasteiger partial charge >= 0.3 is 5.76 Å². The van der Waals surface area contributed by atoms with Crippen LogP contribution in [0, 0.1) is 0 Å². The lowest BCUT2D eigenvalue weighted by atomic mass is 10.3. The molecule has 0 atom stereocenters. The number of rotatable bonds is 4. The van der Waals surface area contributed by atoms with E-state index < -0.39 is 5.76 Å². The van der Waals surface area contributed by atoms with Crippen molar-refractivity contribution in [1.82, 2.24) is 9.47 Å². The lowest BCUT2D eigenvalue weighted by Gasteiger charge is -2.16. The van der Waals surface area contributed by atoms with Crippen LogP contribution in [0.1, 0.15) is 5.56 Å². The van der Waals surface area contributed by atoms with Gasteiger partial charge in [-0.05, 0) is 34.5 Å². The number of hydrogen-bond donors (Lipinski definition) is 0. The molecule has 2 heterocycles. The minimum atomic E-state index is -0.561. The molecule has 0 saturated heterocycles. The van der Waals surface area contributed by atoms with E-state index in [-0.39, 0.29) is 12.5 Å². The number of nitrogens with zero attached hydrogens (tertiary/aromatic N) is 2. The van der Waals surface area contributed by atoms with Crippen LogP contribution in [0.15, 0.2) is 44.2 Å². The fourth-order valence-electron chi connectivity index (χ4n) is 2.19. The van der Waals surface area contributed by atoms with Crippen molar-refractivity contribution in [2.45, 2.75) is 13.1 Å². The Morgan fingerprint density at radius 1 is 1.41 bits per heavy atom. The number of likely N-dealkylation sites (N-methyl/N-ethyl adjacent to an activating group) is 1. The third kappa shape index (κ3) is 2.93. The molecular weight excluding hydrogens is 324 g/mol. The molecule has 0 fully saturated rings. The van der Waals surface area contributed by atoms with Crippen molar-refractivity contribution in [3.05, 3.63) is 56.2 Å². The first-order valence-corrected chi connectivity index (χ1v) is 7.90. The van der Waals surface area contributed by atoms with E-state index in [0.29, 0.717) is 22.7 Å². The van der Waals surface area contributed by atoms with Gasteiger partial charge in [-0.3, -0.25) is 9.36 Å². The Bertz CT molecular complexity index is 867. The molecule has 7 heteroatoms. The summed E-state index contributed by atoms with van der Waals surface area (Å²) in [6.45, 7) is 0.451. The maximum absolute atomic E-state index is 12.3. The van der Waals surface area contributed by atoms with E-state index >= 15 is 0 Å². The van der Waals surface area contributed by atoms with Crippen LogP contribution in [0.25, 0.3) is 11.1 Å². The van der Waals surface area contributed by atoms with Crippen molar-refractivity contribution in [3.8, 4) is 0 Å². The summed E-state index contributed by atoms with van der Waals surface area (Å²) in [7, 11) is 1.71. The number of amides is 1.